The minimum Gasteiger partial charge on any atom is -0.441 e. The average molecular weight is 428 g/mol. The Bertz CT molecular complexity index is 1280. The number of aromatic nitrogens is 4. The van der Waals surface area contributed by atoms with Crippen LogP contribution in [-0.4, -0.2) is 63.8 Å². The normalized spacial score (nSPS) is 14.8. The zero-order valence-corrected chi connectivity index (χ0v) is 18.2. The molecule has 0 bridgehead atoms. The molecule has 0 saturated carbocycles. The lowest BCUT2D eigenvalue weighted by Gasteiger charge is -2.33. The number of likely N-dealkylation sites (N-methyl/N-ethyl adjacent to an activating group) is 1. The van der Waals surface area contributed by atoms with Gasteiger partial charge in [-0.25, -0.2) is 9.97 Å². The SMILES string of the molecule is Cc1ncc(-c2cnc3cnc(CC(=O)c4ccnc(N5CCN(C)CC5)c4)cc3c2)o1. The van der Waals surface area contributed by atoms with E-state index < -0.39 is 0 Å². The number of carbonyl (C=O) groups is 1. The van der Waals surface area contributed by atoms with E-state index >= 15 is 0 Å². The lowest BCUT2D eigenvalue weighted by molar-refractivity contribution is 0.0992. The molecule has 8 nitrogen and oxygen atoms in total. The second kappa shape index (κ2) is 8.47. The molecule has 32 heavy (non-hydrogen) atoms. The Kier molecular flexibility index (Phi) is 5.36. The number of Topliss-reactive ketones (excluding diaryl/α,β-unsaturated/α-hetero) is 1. The molecule has 1 aliphatic heterocycles. The highest BCUT2D eigenvalue weighted by Gasteiger charge is 2.17. The van der Waals surface area contributed by atoms with Gasteiger partial charge in [0.25, 0.3) is 0 Å². The number of rotatable bonds is 5. The Morgan fingerprint density at radius 3 is 2.62 bits per heavy atom. The Morgan fingerprint density at radius 1 is 1.00 bits per heavy atom. The van der Waals surface area contributed by atoms with Gasteiger partial charge in [-0.15, -0.1) is 0 Å². The third-order valence-electron chi connectivity index (χ3n) is 5.77. The van der Waals surface area contributed by atoms with Crippen LogP contribution in [-0.2, 0) is 6.42 Å². The maximum atomic E-state index is 13.0. The highest BCUT2D eigenvalue weighted by Crippen LogP contribution is 2.24. The first-order valence-electron chi connectivity index (χ1n) is 10.7. The van der Waals surface area contributed by atoms with E-state index in [4.69, 9.17) is 4.42 Å². The van der Waals surface area contributed by atoms with Gasteiger partial charge in [-0.2, -0.15) is 0 Å². The molecule has 0 spiro atoms. The van der Waals surface area contributed by atoms with Crippen molar-refractivity contribution in [1.82, 2.24) is 24.8 Å². The van der Waals surface area contributed by atoms with Crippen molar-refractivity contribution in [3.63, 3.8) is 0 Å². The lowest BCUT2D eigenvalue weighted by atomic mass is 10.1. The standard InChI is InChI=1S/C24H24N6O2/c1-16-26-15-23(32-16)19-9-18-10-20(27-14-21(18)28-13-19)12-22(31)17-3-4-25-24(11-17)30-7-5-29(2)6-8-30/h3-4,9-11,13-15H,5-8,12H2,1-2H3. The zero-order valence-electron chi connectivity index (χ0n) is 18.2. The van der Waals surface area contributed by atoms with E-state index in [9.17, 15) is 4.79 Å². The molecule has 0 amide bonds. The summed E-state index contributed by atoms with van der Waals surface area (Å²) in [6, 6.07) is 7.56. The predicted molar refractivity (Wildman–Crippen MR) is 122 cm³/mol. The van der Waals surface area contributed by atoms with Crippen LogP contribution in [0.2, 0.25) is 0 Å². The first-order chi connectivity index (χ1) is 15.5. The first-order valence-corrected chi connectivity index (χ1v) is 10.7. The van der Waals surface area contributed by atoms with E-state index in [1.165, 1.54) is 0 Å². The van der Waals surface area contributed by atoms with Crippen LogP contribution < -0.4 is 4.90 Å². The van der Waals surface area contributed by atoms with E-state index in [1.807, 2.05) is 18.2 Å². The molecular formula is C24H24N6O2. The summed E-state index contributed by atoms with van der Waals surface area (Å²) in [5.41, 5.74) is 2.96. The second-order valence-corrected chi connectivity index (χ2v) is 8.13. The van der Waals surface area contributed by atoms with Gasteiger partial charge in [-0.3, -0.25) is 14.8 Å². The van der Waals surface area contributed by atoms with Crippen LogP contribution in [0.25, 0.3) is 22.2 Å². The van der Waals surface area contributed by atoms with Crippen molar-refractivity contribution in [3.8, 4) is 11.3 Å². The first kappa shape index (κ1) is 20.3. The number of piperazine rings is 1. The van der Waals surface area contributed by atoms with Crippen molar-refractivity contribution in [2.75, 3.05) is 38.1 Å². The second-order valence-electron chi connectivity index (χ2n) is 8.13. The summed E-state index contributed by atoms with van der Waals surface area (Å²) in [5, 5.41) is 0.905. The smallest absolute Gasteiger partial charge is 0.191 e. The highest BCUT2D eigenvalue weighted by atomic mass is 16.4. The predicted octanol–water partition coefficient (Wildman–Crippen LogP) is 3.17. The summed E-state index contributed by atoms with van der Waals surface area (Å²) in [6.45, 7) is 5.61. The van der Waals surface area contributed by atoms with Gasteiger partial charge in [0.15, 0.2) is 17.4 Å². The Hall–Kier alpha value is -3.65. The molecule has 5 rings (SSSR count). The van der Waals surface area contributed by atoms with Gasteiger partial charge in [0.2, 0.25) is 0 Å². The molecule has 0 unspecified atom stereocenters. The number of oxazole rings is 1. The van der Waals surface area contributed by atoms with E-state index in [0.717, 1.165) is 48.5 Å². The van der Waals surface area contributed by atoms with E-state index in [-0.39, 0.29) is 12.2 Å². The van der Waals surface area contributed by atoms with Crippen molar-refractivity contribution in [3.05, 3.63) is 66.2 Å². The van der Waals surface area contributed by atoms with Crippen molar-refractivity contribution in [2.45, 2.75) is 13.3 Å². The summed E-state index contributed by atoms with van der Waals surface area (Å²) >= 11 is 0. The molecule has 0 N–H and O–H groups in total. The number of hydrogen-bond donors (Lipinski definition) is 0. The molecule has 1 fully saturated rings. The fourth-order valence-electron chi connectivity index (χ4n) is 3.87. The molecule has 162 valence electrons. The summed E-state index contributed by atoms with van der Waals surface area (Å²) in [6.07, 6.45) is 7.06. The molecule has 4 aromatic heterocycles. The number of ketones is 1. The third-order valence-corrected chi connectivity index (χ3v) is 5.77. The highest BCUT2D eigenvalue weighted by molar-refractivity contribution is 5.98. The minimum atomic E-state index is 0.0181. The van der Waals surface area contributed by atoms with E-state index in [2.05, 4.69) is 36.8 Å². The molecule has 8 heteroatoms. The number of aryl methyl sites for hydroxylation is 1. The van der Waals surface area contributed by atoms with Crippen LogP contribution in [0, 0.1) is 6.92 Å². The van der Waals surface area contributed by atoms with Gasteiger partial charge in [0.1, 0.15) is 5.82 Å². The van der Waals surface area contributed by atoms with Gasteiger partial charge in [-0.1, -0.05) is 0 Å². The monoisotopic (exact) mass is 428 g/mol. The molecular weight excluding hydrogens is 404 g/mol. The molecule has 0 aliphatic carbocycles. The van der Waals surface area contributed by atoms with Crippen LogP contribution in [0.15, 0.2) is 53.5 Å². The molecule has 1 aliphatic rings. The van der Waals surface area contributed by atoms with Crippen molar-refractivity contribution in [1.29, 1.82) is 0 Å². The summed E-state index contributed by atoms with van der Waals surface area (Å²) in [4.78, 5) is 35.0. The number of fused-ring (bicyclic) bond motifs is 1. The zero-order chi connectivity index (χ0) is 22.1. The topological polar surface area (TPSA) is 88.2 Å². The molecule has 4 aromatic rings. The molecule has 0 atom stereocenters. The number of pyridine rings is 3. The van der Waals surface area contributed by atoms with Gasteiger partial charge in [0, 0.05) is 67.7 Å². The van der Waals surface area contributed by atoms with E-state index in [1.54, 1.807) is 37.8 Å². The number of nitrogens with zero attached hydrogens (tertiary/aromatic N) is 6. The summed E-state index contributed by atoms with van der Waals surface area (Å²) in [5.74, 6) is 2.14. The van der Waals surface area contributed by atoms with Crippen molar-refractivity contribution in [2.24, 2.45) is 0 Å². The van der Waals surface area contributed by atoms with Crippen LogP contribution in [0.4, 0.5) is 5.82 Å². The molecule has 5 heterocycles. The van der Waals surface area contributed by atoms with Crippen LogP contribution in [0.1, 0.15) is 21.9 Å². The molecule has 0 aromatic carbocycles. The van der Waals surface area contributed by atoms with Crippen LogP contribution in [0.5, 0.6) is 0 Å². The van der Waals surface area contributed by atoms with Gasteiger partial charge < -0.3 is 14.2 Å². The van der Waals surface area contributed by atoms with Crippen molar-refractivity contribution < 1.29 is 9.21 Å². The quantitative estimate of drug-likeness (QED) is 0.448. The summed E-state index contributed by atoms with van der Waals surface area (Å²) < 4.78 is 5.60. The fraction of sp³-hybridized carbons (Fsp3) is 0.292. The third kappa shape index (κ3) is 4.22. The molecule has 1 saturated heterocycles. The van der Waals surface area contributed by atoms with Crippen LogP contribution >= 0.6 is 0 Å². The molecule has 0 radical (unpaired) electrons. The maximum Gasteiger partial charge on any atom is 0.191 e. The van der Waals surface area contributed by atoms with Crippen LogP contribution in [0.3, 0.4) is 0 Å². The van der Waals surface area contributed by atoms with Gasteiger partial charge in [-0.05, 0) is 31.3 Å². The minimum absolute atomic E-state index is 0.0181. The van der Waals surface area contributed by atoms with Gasteiger partial charge >= 0.3 is 0 Å². The van der Waals surface area contributed by atoms with Gasteiger partial charge in [0.05, 0.1) is 24.3 Å². The Morgan fingerprint density at radius 2 is 1.84 bits per heavy atom. The Labute approximate surface area is 185 Å². The van der Waals surface area contributed by atoms with E-state index in [0.29, 0.717) is 22.9 Å². The largest absolute Gasteiger partial charge is 0.441 e. The number of hydrogen-bond acceptors (Lipinski definition) is 8. The maximum absolute atomic E-state index is 13.0. The lowest BCUT2D eigenvalue weighted by Crippen LogP contribution is -2.44. The average Bonchev–Trinajstić information content (AvgIpc) is 3.25. The fourth-order valence-corrected chi connectivity index (χ4v) is 3.87. The Balaban J connectivity index is 1.36. The van der Waals surface area contributed by atoms with Crippen molar-refractivity contribution >= 4 is 22.5 Å². The number of carbonyl (C=O) groups excluding carboxylic acids is 1. The number of anilines is 1. The summed E-state index contributed by atoms with van der Waals surface area (Å²) in [7, 11) is 2.12.